The number of fused-ring (bicyclic) bond motifs is 3. The summed E-state index contributed by atoms with van der Waals surface area (Å²) >= 11 is 0. The number of aryl methyl sites for hydroxylation is 1. The molecule has 2 aliphatic rings. The lowest BCUT2D eigenvalue weighted by atomic mass is 9.49. The maximum Gasteiger partial charge on any atom is 0.267 e. The fourth-order valence-electron chi connectivity index (χ4n) is 6.06. The molecule has 0 bridgehead atoms. The first-order chi connectivity index (χ1) is 13.3. The van der Waals surface area contributed by atoms with Gasteiger partial charge in [-0.05, 0) is 77.2 Å². The highest BCUT2D eigenvalue weighted by atomic mass is 16.1. The van der Waals surface area contributed by atoms with Crippen molar-refractivity contribution in [2.45, 2.75) is 71.1 Å². The summed E-state index contributed by atoms with van der Waals surface area (Å²) in [6, 6.07) is 10.9. The molecule has 2 aliphatic carbocycles. The Morgan fingerprint density at radius 2 is 2.07 bits per heavy atom. The lowest BCUT2D eigenvalue weighted by Gasteiger charge is -2.55. The number of benzene rings is 1. The van der Waals surface area contributed by atoms with Crippen LogP contribution in [0.5, 0.6) is 0 Å². The number of carbonyl (C=O) groups is 1. The first kappa shape index (κ1) is 19.3. The summed E-state index contributed by atoms with van der Waals surface area (Å²) in [6.45, 7) is 10.2. The second kappa shape index (κ2) is 7.09. The van der Waals surface area contributed by atoms with E-state index < -0.39 is 0 Å². The molecule has 0 radical (unpaired) electrons. The number of hydrogen-bond acceptors (Lipinski definition) is 1. The molecule has 2 N–H and O–H groups in total. The molecule has 0 saturated heterocycles. The van der Waals surface area contributed by atoms with E-state index in [1.54, 1.807) is 17.3 Å². The first-order valence-electron chi connectivity index (χ1n) is 10.9. The lowest BCUT2D eigenvalue weighted by Crippen LogP contribution is -2.53. The highest BCUT2D eigenvalue weighted by Crippen LogP contribution is 2.57. The molecule has 1 fully saturated rings. The van der Waals surface area contributed by atoms with E-state index in [1.165, 1.54) is 31.2 Å². The number of H-pyrrole nitrogens is 1. The molecular formula is C25H34N2O. The molecule has 3 nitrogen and oxygen atoms in total. The molecule has 1 saturated carbocycles. The number of rotatable bonds is 4. The van der Waals surface area contributed by atoms with E-state index in [-0.39, 0.29) is 16.7 Å². The van der Waals surface area contributed by atoms with Crippen LogP contribution in [0.3, 0.4) is 0 Å². The second-order valence-electron chi connectivity index (χ2n) is 9.85. The van der Waals surface area contributed by atoms with Crippen molar-refractivity contribution in [1.82, 2.24) is 10.3 Å². The van der Waals surface area contributed by atoms with Crippen molar-refractivity contribution in [3.63, 3.8) is 0 Å². The maximum atomic E-state index is 12.5. The zero-order chi connectivity index (χ0) is 19.9. The fourth-order valence-corrected chi connectivity index (χ4v) is 6.06. The molecule has 1 heterocycles. The largest absolute Gasteiger partial charge is 0.357 e. The second-order valence-corrected chi connectivity index (χ2v) is 9.85. The van der Waals surface area contributed by atoms with Crippen LogP contribution in [0.25, 0.3) is 0 Å². The van der Waals surface area contributed by atoms with Gasteiger partial charge in [0.25, 0.3) is 5.91 Å². The molecule has 1 amide bonds. The molecule has 3 atom stereocenters. The van der Waals surface area contributed by atoms with Crippen molar-refractivity contribution >= 4 is 5.91 Å². The third-order valence-electron chi connectivity index (χ3n) is 7.66. The first-order valence-corrected chi connectivity index (χ1v) is 10.9. The monoisotopic (exact) mass is 378 g/mol. The number of carbonyl (C=O) groups excluding carboxylic acids is 1. The highest BCUT2D eigenvalue weighted by molar-refractivity contribution is 5.92. The molecule has 0 unspecified atom stereocenters. The van der Waals surface area contributed by atoms with E-state index in [2.05, 4.69) is 56.2 Å². The van der Waals surface area contributed by atoms with Crippen molar-refractivity contribution in [3.8, 4) is 0 Å². The predicted octanol–water partition coefficient (Wildman–Crippen LogP) is 5.58. The van der Waals surface area contributed by atoms with Crippen LogP contribution >= 0.6 is 0 Å². The Labute approximate surface area is 169 Å². The third-order valence-corrected chi connectivity index (χ3v) is 7.66. The fraction of sp³-hybridized carbons (Fsp3) is 0.560. The topological polar surface area (TPSA) is 44.9 Å². The summed E-state index contributed by atoms with van der Waals surface area (Å²) in [5.41, 5.74) is 5.59. The van der Waals surface area contributed by atoms with Crippen LogP contribution in [0.1, 0.15) is 86.5 Å². The summed E-state index contributed by atoms with van der Waals surface area (Å²) in [6.07, 6.45) is 7.87. The van der Waals surface area contributed by atoms with Crippen molar-refractivity contribution in [2.75, 3.05) is 6.54 Å². The number of hydrogen-bond donors (Lipinski definition) is 2. The SMILES string of the molecule is CC(C)c1ccc2c(c1)CC[C@H]1[C@](C)(CNC(=O)c3ccc[nH]3)CCC[C@]21C. The zero-order valence-electron chi connectivity index (χ0n) is 17.8. The zero-order valence-corrected chi connectivity index (χ0v) is 17.8. The van der Waals surface area contributed by atoms with E-state index in [0.29, 0.717) is 17.5 Å². The minimum atomic E-state index is 0.0105. The average molecular weight is 379 g/mol. The molecule has 150 valence electrons. The van der Waals surface area contributed by atoms with Gasteiger partial charge in [0.2, 0.25) is 0 Å². The Balaban J connectivity index is 1.58. The van der Waals surface area contributed by atoms with Crippen molar-refractivity contribution in [2.24, 2.45) is 11.3 Å². The van der Waals surface area contributed by atoms with Crippen molar-refractivity contribution < 1.29 is 4.79 Å². The Bertz CT molecular complexity index is 853. The normalized spacial score (nSPS) is 29.2. The molecule has 2 aromatic rings. The average Bonchev–Trinajstić information content (AvgIpc) is 3.20. The van der Waals surface area contributed by atoms with Gasteiger partial charge in [-0.3, -0.25) is 4.79 Å². The molecule has 3 heteroatoms. The minimum absolute atomic E-state index is 0.0105. The van der Waals surface area contributed by atoms with E-state index in [4.69, 9.17) is 0 Å². The Morgan fingerprint density at radius 1 is 1.25 bits per heavy atom. The van der Waals surface area contributed by atoms with Crippen molar-refractivity contribution in [3.05, 3.63) is 58.9 Å². The maximum absolute atomic E-state index is 12.5. The van der Waals surface area contributed by atoms with Crippen LogP contribution in [-0.2, 0) is 11.8 Å². The van der Waals surface area contributed by atoms with Gasteiger partial charge < -0.3 is 10.3 Å². The summed E-state index contributed by atoms with van der Waals surface area (Å²) in [4.78, 5) is 15.5. The molecule has 0 spiro atoms. The Morgan fingerprint density at radius 3 is 2.79 bits per heavy atom. The predicted molar refractivity (Wildman–Crippen MR) is 115 cm³/mol. The highest BCUT2D eigenvalue weighted by Gasteiger charge is 2.51. The number of amides is 1. The van der Waals surface area contributed by atoms with Crippen LogP contribution in [0.2, 0.25) is 0 Å². The summed E-state index contributed by atoms with van der Waals surface area (Å²) in [5, 5.41) is 3.22. The van der Waals surface area contributed by atoms with Crippen LogP contribution < -0.4 is 5.32 Å². The number of aromatic nitrogens is 1. The van der Waals surface area contributed by atoms with Gasteiger partial charge in [0.05, 0.1) is 0 Å². The molecule has 28 heavy (non-hydrogen) atoms. The molecule has 4 rings (SSSR count). The van der Waals surface area contributed by atoms with Gasteiger partial charge >= 0.3 is 0 Å². The van der Waals surface area contributed by atoms with Crippen LogP contribution in [0.4, 0.5) is 0 Å². The van der Waals surface area contributed by atoms with E-state index in [0.717, 1.165) is 13.0 Å². The van der Waals surface area contributed by atoms with Crippen LogP contribution in [0.15, 0.2) is 36.5 Å². The van der Waals surface area contributed by atoms with Crippen LogP contribution in [-0.4, -0.2) is 17.4 Å². The smallest absolute Gasteiger partial charge is 0.267 e. The van der Waals surface area contributed by atoms with E-state index in [9.17, 15) is 4.79 Å². The molecular weight excluding hydrogens is 344 g/mol. The third kappa shape index (κ3) is 3.19. The van der Waals surface area contributed by atoms with Gasteiger partial charge in [-0.2, -0.15) is 0 Å². The standard InChI is InChI=1S/C25H34N2O/c1-17(2)18-8-10-20-19(15-18)9-11-22-24(3,12-6-13-25(20,22)4)16-27-23(28)21-7-5-14-26-21/h5,7-8,10,14-15,17,22,26H,6,9,11-13,16H2,1-4H3,(H,27,28)/t22-,24-,25+/m0/s1. The summed E-state index contributed by atoms with van der Waals surface area (Å²) in [7, 11) is 0. The molecule has 1 aromatic carbocycles. The summed E-state index contributed by atoms with van der Waals surface area (Å²) in [5.74, 6) is 1.20. The van der Waals surface area contributed by atoms with Crippen LogP contribution in [0, 0.1) is 11.3 Å². The summed E-state index contributed by atoms with van der Waals surface area (Å²) < 4.78 is 0. The van der Waals surface area contributed by atoms with Gasteiger partial charge in [-0.1, -0.05) is 52.3 Å². The lowest BCUT2D eigenvalue weighted by molar-refractivity contribution is 0.0254. The Hall–Kier alpha value is -2.03. The van der Waals surface area contributed by atoms with Gasteiger partial charge in [-0.15, -0.1) is 0 Å². The Kier molecular flexibility index (Phi) is 4.89. The van der Waals surface area contributed by atoms with Gasteiger partial charge in [0.1, 0.15) is 5.69 Å². The van der Waals surface area contributed by atoms with Gasteiger partial charge in [0.15, 0.2) is 0 Å². The van der Waals surface area contributed by atoms with Gasteiger partial charge in [-0.25, -0.2) is 0 Å². The minimum Gasteiger partial charge on any atom is -0.357 e. The number of nitrogens with one attached hydrogen (secondary N) is 2. The van der Waals surface area contributed by atoms with Gasteiger partial charge in [0, 0.05) is 12.7 Å². The quantitative estimate of drug-likeness (QED) is 0.717. The van der Waals surface area contributed by atoms with Crippen molar-refractivity contribution in [1.29, 1.82) is 0 Å². The van der Waals surface area contributed by atoms with E-state index in [1.807, 2.05) is 12.1 Å². The van der Waals surface area contributed by atoms with E-state index >= 15 is 0 Å². The molecule has 0 aliphatic heterocycles. The number of aromatic amines is 1. The molecule has 1 aromatic heterocycles.